The highest BCUT2D eigenvalue weighted by molar-refractivity contribution is 5.79. The highest BCUT2D eigenvalue weighted by Gasteiger charge is 2.24. The maximum Gasteiger partial charge on any atom is 0.323 e. The van der Waals surface area contributed by atoms with Crippen molar-refractivity contribution in [3.63, 3.8) is 0 Å². The van der Waals surface area contributed by atoms with E-state index in [0.717, 1.165) is 12.8 Å². The van der Waals surface area contributed by atoms with Crippen molar-refractivity contribution >= 4 is 24.1 Å². The molecular weight excluding hydrogens is 308 g/mol. The van der Waals surface area contributed by atoms with Crippen LogP contribution in [0.4, 0.5) is 10.5 Å². The minimum atomic E-state index is -0.130. The Hall–Kier alpha value is -2.54. The molecule has 0 aliphatic carbocycles. The lowest BCUT2D eigenvalue weighted by Crippen LogP contribution is -2.45. The number of anilines is 1. The predicted octanol–water partition coefficient (Wildman–Crippen LogP) is 2.14. The van der Waals surface area contributed by atoms with Crippen LogP contribution in [0.15, 0.2) is 29.4 Å². The van der Waals surface area contributed by atoms with Gasteiger partial charge in [0.15, 0.2) is 0 Å². The van der Waals surface area contributed by atoms with Crippen molar-refractivity contribution in [1.82, 2.24) is 9.80 Å². The van der Waals surface area contributed by atoms with Crippen LogP contribution in [0.2, 0.25) is 0 Å². The molecular formula is C17H24N4O3. The van der Waals surface area contributed by atoms with Gasteiger partial charge in [-0.1, -0.05) is 0 Å². The van der Waals surface area contributed by atoms with E-state index in [1.165, 1.54) is 11.0 Å². The Balaban J connectivity index is 2.15. The van der Waals surface area contributed by atoms with Crippen LogP contribution in [-0.2, 0) is 4.74 Å². The van der Waals surface area contributed by atoms with Crippen LogP contribution in [0.25, 0.3) is 5.70 Å². The number of aromatic hydroxyl groups is 1. The monoisotopic (exact) mass is 332 g/mol. The zero-order chi connectivity index (χ0) is 17.7. The zero-order valence-corrected chi connectivity index (χ0v) is 14.1. The summed E-state index contributed by atoms with van der Waals surface area (Å²) in [7, 11) is 3.47. The fourth-order valence-corrected chi connectivity index (χ4v) is 2.64. The molecule has 7 heteroatoms. The lowest BCUT2D eigenvalue weighted by molar-refractivity contribution is 0.0495. The number of phenols is 1. The van der Waals surface area contributed by atoms with Gasteiger partial charge in [0.1, 0.15) is 5.75 Å². The third-order valence-corrected chi connectivity index (χ3v) is 4.15. The predicted molar refractivity (Wildman–Crippen MR) is 94.8 cm³/mol. The first-order valence-electron chi connectivity index (χ1n) is 7.78. The maximum absolute atomic E-state index is 12.6. The summed E-state index contributed by atoms with van der Waals surface area (Å²) in [5.74, 6) is 0.00541. The van der Waals surface area contributed by atoms with E-state index in [1.807, 2.05) is 0 Å². The number of nitrogen functional groups attached to an aromatic ring is 1. The maximum atomic E-state index is 12.6. The number of hydrogen-bond donors (Lipinski definition) is 2. The van der Waals surface area contributed by atoms with Crippen molar-refractivity contribution in [3.8, 4) is 5.75 Å². The highest BCUT2D eigenvalue weighted by Crippen LogP contribution is 2.25. The van der Waals surface area contributed by atoms with Crippen molar-refractivity contribution in [3.05, 3.63) is 30.0 Å². The summed E-state index contributed by atoms with van der Waals surface area (Å²) in [5.41, 5.74) is 7.13. The lowest BCUT2D eigenvalue weighted by atomic mass is 10.1. The van der Waals surface area contributed by atoms with Gasteiger partial charge in [-0.05, 0) is 37.8 Å². The first-order chi connectivity index (χ1) is 11.4. The average Bonchev–Trinajstić information content (AvgIpc) is 2.61. The molecule has 2 amide bonds. The van der Waals surface area contributed by atoms with E-state index >= 15 is 0 Å². The minimum absolute atomic E-state index is 0.00541. The SMILES string of the molecule is C=NC(=CN(C)C(=O)N(C)C1CCOCC1)c1ccc(O)c(N)c1. The van der Waals surface area contributed by atoms with Crippen molar-refractivity contribution < 1.29 is 14.6 Å². The first kappa shape index (κ1) is 17.8. The smallest absolute Gasteiger partial charge is 0.323 e. The van der Waals surface area contributed by atoms with Gasteiger partial charge < -0.3 is 25.4 Å². The topological polar surface area (TPSA) is 91.4 Å². The van der Waals surface area contributed by atoms with E-state index in [2.05, 4.69) is 11.7 Å². The summed E-state index contributed by atoms with van der Waals surface area (Å²) in [6.45, 7) is 4.90. The first-order valence-corrected chi connectivity index (χ1v) is 7.78. The van der Waals surface area contributed by atoms with Crippen LogP contribution in [-0.4, -0.2) is 61.0 Å². The highest BCUT2D eigenvalue weighted by atomic mass is 16.5. The average molecular weight is 332 g/mol. The fraction of sp³-hybridized carbons (Fsp3) is 0.412. The molecule has 0 spiro atoms. The van der Waals surface area contributed by atoms with Gasteiger partial charge in [0.25, 0.3) is 0 Å². The van der Waals surface area contributed by atoms with Crippen molar-refractivity contribution in [2.24, 2.45) is 4.99 Å². The Kier molecular flexibility index (Phi) is 5.81. The van der Waals surface area contributed by atoms with Gasteiger partial charge >= 0.3 is 6.03 Å². The Morgan fingerprint density at radius 3 is 2.67 bits per heavy atom. The quantitative estimate of drug-likeness (QED) is 0.502. The number of amides is 2. The minimum Gasteiger partial charge on any atom is -0.506 e. The number of nitrogens with two attached hydrogens (primary N) is 1. The van der Waals surface area contributed by atoms with Gasteiger partial charge in [0.05, 0.1) is 11.4 Å². The Morgan fingerprint density at radius 2 is 2.08 bits per heavy atom. The lowest BCUT2D eigenvalue weighted by Gasteiger charge is -2.33. The summed E-state index contributed by atoms with van der Waals surface area (Å²) >= 11 is 0. The molecule has 0 aromatic heterocycles. The summed E-state index contributed by atoms with van der Waals surface area (Å²) in [6.07, 6.45) is 3.28. The molecule has 3 N–H and O–H groups in total. The van der Waals surface area contributed by atoms with Gasteiger partial charge in [-0.25, -0.2) is 4.79 Å². The normalized spacial score (nSPS) is 15.8. The molecule has 1 aromatic carbocycles. The Bertz CT molecular complexity index is 639. The molecule has 1 aromatic rings. The van der Waals surface area contributed by atoms with Crippen molar-refractivity contribution in [1.29, 1.82) is 0 Å². The van der Waals surface area contributed by atoms with E-state index in [9.17, 15) is 9.90 Å². The molecule has 0 radical (unpaired) electrons. The Labute approximate surface area is 142 Å². The molecule has 2 rings (SSSR count). The molecule has 0 atom stereocenters. The Morgan fingerprint density at radius 1 is 1.42 bits per heavy atom. The van der Waals surface area contributed by atoms with Gasteiger partial charge in [0, 0.05) is 45.1 Å². The number of nitrogens with zero attached hydrogens (tertiary/aromatic N) is 3. The van der Waals surface area contributed by atoms with E-state index in [1.54, 1.807) is 37.3 Å². The van der Waals surface area contributed by atoms with E-state index in [-0.39, 0.29) is 23.5 Å². The largest absolute Gasteiger partial charge is 0.506 e. The van der Waals surface area contributed by atoms with Crippen LogP contribution >= 0.6 is 0 Å². The van der Waals surface area contributed by atoms with Gasteiger partial charge in [-0.3, -0.25) is 4.99 Å². The molecule has 1 heterocycles. The molecule has 24 heavy (non-hydrogen) atoms. The van der Waals surface area contributed by atoms with Crippen LogP contribution < -0.4 is 5.73 Å². The van der Waals surface area contributed by atoms with Crippen LogP contribution in [0.1, 0.15) is 18.4 Å². The van der Waals surface area contributed by atoms with Crippen molar-refractivity contribution in [2.75, 3.05) is 33.0 Å². The standard InChI is InChI=1S/C17H24N4O3/c1-19-15(12-4-5-16(22)14(18)10-12)11-20(2)17(23)21(3)13-6-8-24-9-7-13/h4-5,10-11,13,22H,1,6-9,18H2,2-3H3. The fourth-order valence-electron chi connectivity index (χ4n) is 2.64. The molecule has 0 bridgehead atoms. The second-order valence-electron chi connectivity index (χ2n) is 5.79. The molecule has 1 aliphatic heterocycles. The molecule has 7 nitrogen and oxygen atoms in total. The molecule has 0 unspecified atom stereocenters. The van der Waals surface area contributed by atoms with Gasteiger partial charge in [0.2, 0.25) is 0 Å². The number of carbonyl (C=O) groups excluding carboxylic acids is 1. The second-order valence-corrected chi connectivity index (χ2v) is 5.79. The number of carbonyl (C=O) groups is 1. The van der Waals surface area contributed by atoms with Crippen molar-refractivity contribution in [2.45, 2.75) is 18.9 Å². The second kappa shape index (κ2) is 7.83. The molecule has 1 saturated heterocycles. The summed E-state index contributed by atoms with van der Waals surface area (Å²) in [6, 6.07) is 4.80. The third-order valence-electron chi connectivity index (χ3n) is 4.15. The van der Waals surface area contributed by atoms with E-state index < -0.39 is 0 Å². The third kappa shape index (κ3) is 4.05. The van der Waals surface area contributed by atoms with E-state index in [4.69, 9.17) is 10.5 Å². The number of urea groups is 1. The zero-order valence-electron chi connectivity index (χ0n) is 14.1. The number of ether oxygens (including phenoxy) is 1. The molecule has 130 valence electrons. The van der Waals surface area contributed by atoms with Crippen LogP contribution in [0.3, 0.4) is 0 Å². The van der Waals surface area contributed by atoms with Gasteiger partial charge in [-0.2, -0.15) is 0 Å². The van der Waals surface area contributed by atoms with Crippen LogP contribution in [0.5, 0.6) is 5.75 Å². The number of rotatable bonds is 4. The summed E-state index contributed by atoms with van der Waals surface area (Å²) in [5, 5.41) is 9.51. The molecule has 1 aliphatic rings. The summed E-state index contributed by atoms with van der Waals surface area (Å²) < 4.78 is 5.33. The van der Waals surface area contributed by atoms with E-state index in [0.29, 0.717) is 24.5 Å². The molecule has 1 fully saturated rings. The van der Waals surface area contributed by atoms with Crippen LogP contribution in [0, 0.1) is 0 Å². The number of aliphatic imine (C=N–C) groups is 1. The number of benzene rings is 1. The summed E-state index contributed by atoms with van der Waals surface area (Å²) in [4.78, 5) is 19.8. The van der Waals surface area contributed by atoms with Gasteiger partial charge in [-0.15, -0.1) is 0 Å². The number of hydrogen-bond acceptors (Lipinski definition) is 5. The number of phenolic OH excluding ortho intramolecular Hbond substituents is 1. The molecule has 0 saturated carbocycles.